The van der Waals surface area contributed by atoms with Crippen molar-refractivity contribution in [1.82, 2.24) is 15.7 Å². The Hall–Kier alpha value is -2.41. The standard InChI is InChI=1S/C15H16N4O6S2/c1-25-18-11(20)6-5-27-14-9(13(22)19(14)10(6)15(23)24)17-12(21)8(16)7-3-2-4-26-7/h2-4,8-9,14H,5,16H2,1H3,(H,17,21)(H,18,20)(H,23,24)/t8?,9?,14-/m0/s1. The second-order valence-corrected chi connectivity index (χ2v) is 7.74. The molecule has 3 amide bonds. The minimum Gasteiger partial charge on any atom is -0.477 e. The highest BCUT2D eigenvalue weighted by Gasteiger charge is 2.55. The Morgan fingerprint density at radius 3 is 2.78 bits per heavy atom. The molecule has 27 heavy (non-hydrogen) atoms. The molecule has 1 fully saturated rings. The zero-order chi connectivity index (χ0) is 19.7. The molecular formula is C15H16N4O6S2. The van der Waals surface area contributed by atoms with Crippen LogP contribution in [-0.4, -0.2) is 58.0 Å². The third-order valence-corrected chi connectivity index (χ3v) is 6.30. The number of rotatable bonds is 6. The predicted molar refractivity (Wildman–Crippen MR) is 96.1 cm³/mol. The van der Waals surface area contributed by atoms with E-state index in [1.165, 1.54) is 30.2 Å². The fourth-order valence-corrected chi connectivity index (χ4v) is 4.85. The first-order valence-electron chi connectivity index (χ1n) is 7.70. The highest BCUT2D eigenvalue weighted by atomic mass is 32.2. The average Bonchev–Trinajstić information content (AvgIpc) is 3.18. The van der Waals surface area contributed by atoms with Crippen molar-refractivity contribution in [1.29, 1.82) is 0 Å². The maximum Gasteiger partial charge on any atom is 0.353 e. The van der Waals surface area contributed by atoms with E-state index in [1.807, 2.05) is 0 Å². The number of thiophene rings is 1. The van der Waals surface area contributed by atoms with Crippen LogP contribution in [0.25, 0.3) is 0 Å². The zero-order valence-electron chi connectivity index (χ0n) is 14.0. The number of thioether (sulfide) groups is 1. The van der Waals surface area contributed by atoms with Gasteiger partial charge in [-0.25, -0.2) is 10.3 Å². The Kier molecular flexibility index (Phi) is 5.51. The van der Waals surface area contributed by atoms with Crippen LogP contribution in [0.2, 0.25) is 0 Å². The van der Waals surface area contributed by atoms with Crippen LogP contribution < -0.4 is 16.5 Å². The van der Waals surface area contributed by atoms with Gasteiger partial charge in [0.1, 0.15) is 23.2 Å². The van der Waals surface area contributed by atoms with Crippen LogP contribution in [0, 0.1) is 0 Å². The minimum absolute atomic E-state index is 0.0502. The molecule has 0 aliphatic carbocycles. The molecule has 2 aliphatic rings. The lowest BCUT2D eigenvalue weighted by Crippen LogP contribution is -2.71. The van der Waals surface area contributed by atoms with Gasteiger partial charge in [0, 0.05) is 10.6 Å². The molecule has 2 aliphatic heterocycles. The molecule has 3 atom stereocenters. The Labute approximate surface area is 161 Å². The number of carboxylic acid groups (broad SMARTS) is 1. The largest absolute Gasteiger partial charge is 0.477 e. The van der Waals surface area contributed by atoms with Gasteiger partial charge in [-0.1, -0.05) is 6.07 Å². The zero-order valence-corrected chi connectivity index (χ0v) is 15.6. The van der Waals surface area contributed by atoms with Gasteiger partial charge in [-0.05, 0) is 11.4 Å². The molecule has 3 rings (SSSR count). The lowest BCUT2D eigenvalue weighted by atomic mass is 10.0. The van der Waals surface area contributed by atoms with Crippen LogP contribution in [0.15, 0.2) is 28.8 Å². The van der Waals surface area contributed by atoms with E-state index in [1.54, 1.807) is 17.5 Å². The fourth-order valence-electron chi connectivity index (χ4n) is 2.79. The number of nitrogens with two attached hydrogens (primary N) is 1. The highest BCUT2D eigenvalue weighted by molar-refractivity contribution is 8.00. The summed E-state index contributed by atoms with van der Waals surface area (Å²) in [4.78, 5) is 54.6. The number of nitrogens with one attached hydrogen (secondary N) is 2. The molecule has 0 saturated carbocycles. The number of hydroxylamine groups is 1. The second kappa shape index (κ2) is 7.68. The van der Waals surface area contributed by atoms with Gasteiger partial charge in [-0.2, -0.15) is 0 Å². The number of β-lactam (4-membered cyclic amide) rings is 1. The monoisotopic (exact) mass is 412 g/mol. The van der Waals surface area contributed by atoms with Gasteiger partial charge in [0.15, 0.2) is 0 Å². The van der Waals surface area contributed by atoms with Crippen molar-refractivity contribution in [2.45, 2.75) is 17.5 Å². The van der Waals surface area contributed by atoms with E-state index >= 15 is 0 Å². The molecule has 10 nitrogen and oxygen atoms in total. The summed E-state index contributed by atoms with van der Waals surface area (Å²) < 4.78 is 0. The van der Waals surface area contributed by atoms with Crippen molar-refractivity contribution in [2.24, 2.45) is 5.73 Å². The van der Waals surface area contributed by atoms with E-state index in [0.717, 1.165) is 4.90 Å². The second-order valence-electron chi connectivity index (χ2n) is 5.66. The molecule has 12 heteroatoms. The number of carbonyl (C=O) groups excluding carboxylic acids is 3. The van der Waals surface area contributed by atoms with Crippen molar-refractivity contribution >= 4 is 46.8 Å². The van der Waals surface area contributed by atoms with E-state index < -0.39 is 46.8 Å². The molecular weight excluding hydrogens is 396 g/mol. The third-order valence-electron chi connectivity index (χ3n) is 4.07. The summed E-state index contributed by atoms with van der Waals surface area (Å²) in [5.74, 6) is -3.23. The van der Waals surface area contributed by atoms with Gasteiger partial charge < -0.3 is 16.2 Å². The average molecular weight is 412 g/mol. The summed E-state index contributed by atoms with van der Waals surface area (Å²) in [5, 5.41) is 13.2. The van der Waals surface area contributed by atoms with E-state index in [2.05, 4.69) is 15.6 Å². The first-order chi connectivity index (χ1) is 12.9. The summed E-state index contributed by atoms with van der Waals surface area (Å²) in [7, 11) is 1.22. The van der Waals surface area contributed by atoms with Gasteiger partial charge in [-0.3, -0.25) is 24.1 Å². The number of carboxylic acids is 1. The number of amides is 3. The van der Waals surface area contributed by atoms with Crippen molar-refractivity contribution in [3.8, 4) is 0 Å². The first-order valence-corrected chi connectivity index (χ1v) is 9.63. The molecule has 1 aromatic rings. The molecule has 144 valence electrons. The Morgan fingerprint density at radius 1 is 1.44 bits per heavy atom. The van der Waals surface area contributed by atoms with E-state index in [-0.39, 0.29) is 11.3 Å². The fraction of sp³-hybridized carbons (Fsp3) is 0.333. The number of nitrogens with zero attached hydrogens (tertiary/aromatic N) is 1. The smallest absolute Gasteiger partial charge is 0.353 e. The van der Waals surface area contributed by atoms with Crippen molar-refractivity contribution < 1.29 is 29.1 Å². The normalized spacial score (nSPS) is 22.6. The quantitative estimate of drug-likeness (QED) is 0.349. The van der Waals surface area contributed by atoms with Crippen LogP contribution in [0.1, 0.15) is 10.9 Å². The number of hydrogen-bond acceptors (Lipinski definition) is 8. The van der Waals surface area contributed by atoms with Gasteiger partial charge in [0.05, 0.1) is 12.7 Å². The summed E-state index contributed by atoms with van der Waals surface area (Å²) in [6.45, 7) is 0. The van der Waals surface area contributed by atoms with Crippen molar-refractivity contribution in [3.05, 3.63) is 33.7 Å². The Morgan fingerprint density at radius 2 is 2.19 bits per heavy atom. The first kappa shape index (κ1) is 19.4. The van der Waals surface area contributed by atoms with Crippen molar-refractivity contribution in [3.63, 3.8) is 0 Å². The van der Waals surface area contributed by atoms with E-state index in [0.29, 0.717) is 4.88 Å². The molecule has 0 spiro atoms. The SMILES string of the molecule is CONC(=O)C1=C(C(=O)O)N2C(=O)C(NC(=O)C(N)c3cccs3)[C@@H]2SC1. The number of fused-ring (bicyclic) bond motifs is 1. The summed E-state index contributed by atoms with van der Waals surface area (Å²) >= 11 is 2.49. The molecule has 0 radical (unpaired) electrons. The Balaban J connectivity index is 1.76. The van der Waals surface area contributed by atoms with Gasteiger partial charge in [0.25, 0.3) is 11.8 Å². The maximum absolute atomic E-state index is 12.5. The van der Waals surface area contributed by atoms with Crippen LogP contribution in [0.5, 0.6) is 0 Å². The molecule has 5 N–H and O–H groups in total. The van der Waals surface area contributed by atoms with Crippen LogP contribution in [0.4, 0.5) is 0 Å². The molecule has 0 bridgehead atoms. The number of aliphatic carboxylic acids is 1. The summed E-state index contributed by atoms with van der Waals surface area (Å²) in [5.41, 5.74) is 7.45. The summed E-state index contributed by atoms with van der Waals surface area (Å²) in [6.07, 6.45) is 0. The number of carbonyl (C=O) groups is 4. The maximum atomic E-state index is 12.5. The number of hydrogen-bond donors (Lipinski definition) is 4. The van der Waals surface area contributed by atoms with Gasteiger partial charge >= 0.3 is 5.97 Å². The third kappa shape index (κ3) is 3.43. The molecule has 1 saturated heterocycles. The molecule has 2 unspecified atom stereocenters. The summed E-state index contributed by atoms with van der Waals surface area (Å²) in [6, 6.07) is 1.65. The molecule has 0 aromatic carbocycles. The molecule has 1 aromatic heterocycles. The van der Waals surface area contributed by atoms with Gasteiger partial charge in [-0.15, -0.1) is 23.1 Å². The van der Waals surface area contributed by atoms with Crippen LogP contribution in [-0.2, 0) is 24.0 Å². The van der Waals surface area contributed by atoms with Crippen LogP contribution >= 0.6 is 23.1 Å². The topological polar surface area (TPSA) is 151 Å². The van der Waals surface area contributed by atoms with Crippen LogP contribution in [0.3, 0.4) is 0 Å². The highest BCUT2D eigenvalue weighted by Crippen LogP contribution is 2.40. The predicted octanol–water partition coefficient (Wildman–Crippen LogP) is -0.836. The van der Waals surface area contributed by atoms with Gasteiger partial charge in [0.2, 0.25) is 5.91 Å². The molecule has 3 heterocycles. The van der Waals surface area contributed by atoms with E-state index in [9.17, 15) is 24.3 Å². The minimum atomic E-state index is -1.41. The Bertz CT molecular complexity index is 824. The lowest BCUT2D eigenvalue weighted by molar-refractivity contribution is -0.151. The lowest BCUT2D eigenvalue weighted by Gasteiger charge is -2.49. The van der Waals surface area contributed by atoms with Crippen molar-refractivity contribution in [2.75, 3.05) is 12.9 Å². The van der Waals surface area contributed by atoms with E-state index in [4.69, 9.17) is 5.73 Å².